The maximum atomic E-state index is 11.8. The van der Waals surface area contributed by atoms with E-state index in [0.717, 1.165) is 13.0 Å². The highest BCUT2D eigenvalue weighted by Gasteiger charge is 2.25. The molecule has 1 aromatic heterocycles. The lowest BCUT2D eigenvalue weighted by molar-refractivity contribution is -0.131. The van der Waals surface area contributed by atoms with Gasteiger partial charge in [-0.15, -0.1) is 0 Å². The summed E-state index contributed by atoms with van der Waals surface area (Å²) in [4.78, 5) is 13.6. The van der Waals surface area contributed by atoms with Gasteiger partial charge in [0.15, 0.2) is 0 Å². The zero-order chi connectivity index (χ0) is 10.7. The lowest BCUT2D eigenvalue weighted by atomic mass is 10.1. The maximum Gasteiger partial charge on any atom is 0.244 e. The highest BCUT2D eigenvalue weighted by atomic mass is 16.3. The SMILES string of the molecule is O=C(Cn1cccn1)N1CC[C@H](CO)C1. The molecule has 0 saturated carbocycles. The Bertz CT molecular complexity index is 323. The summed E-state index contributed by atoms with van der Waals surface area (Å²) in [7, 11) is 0. The van der Waals surface area contributed by atoms with Crippen molar-refractivity contribution < 1.29 is 9.90 Å². The summed E-state index contributed by atoms with van der Waals surface area (Å²) in [5.74, 6) is 0.334. The minimum Gasteiger partial charge on any atom is -0.396 e. The lowest BCUT2D eigenvalue weighted by Gasteiger charge is -2.15. The molecule has 1 amide bonds. The van der Waals surface area contributed by atoms with E-state index in [1.807, 2.05) is 0 Å². The molecule has 0 spiro atoms. The lowest BCUT2D eigenvalue weighted by Crippen LogP contribution is -2.32. The average molecular weight is 209 g/mol. The number of amides is 1. The highest BCUT2D eigenvalue weighted by molar-refractivity contribution is 5.76. The van der Waals surface area contributed by atoms with Gasteiger partial charge in [0, 0.05) is 38.0 Å². The third-order valence-corrected chi connectivity index (χ3v) is 2.75. The second kappa shape index (κ2) is 4.44. The van der Waals surface area contributed by atoms with Crippen LogP contribution >= 0.6 is 0 Å². The maximum absolute atomic E-state index is 11.8. The van der Waals surface area contributed by atoms with Crippen molar-refractivity contribution in [2.24, 2.45) is 5.92 Å². The van der Waals surface area contributed by atoms with Gasteiger partial charge in [-0.2, -0.15) is 5.10 Å². The summed E-state index contributed by atoms with van der Waals surface area (Å²) in [6.07, 6.45) is 4.34. The van der Waals surface area contributed by atoms with Crippen LogP contribution in [0.2, 0.25) is 0 Å². The summed E-state index contributed by atoms with van der Waals surface area (Å²) in [5.41, 5.74) is 0. The number of rotatable bonds is 3. The van der Waals surface area contributed by atoms with Crippen molar-refractivity contribution in [3.8, 4) is 0 Å². The molecule has 1 aliphatic heterocycles. The van der Waals surface area contributed by atoms with Gasteiger partial charge >= 0.3 is 0 Å². The van der Waals surface area contributed by atoms with Crippen LogP contribution in [0.25, 0.3) is 0 Å². The third-order valence-electron chi connectivity index (χ3n) is 2.75. The van der Waals surface area contributed by atoms with E-state index < -0.39 is 0 Å². The van der Waals surface area contributed by atoms with Gasteiger partial charge in [0.25, 0.3) is 0 Å². The number of carbonyl (C=O) groups is 1. The van der Waals surface area contributed by atoms with Crippen molar-refractivity contribution in [2.45, 2.75) is 13.0 Å². The van der Waals surface area contributed by atoms with E-state index in [1.54, 1.807) is 28.0 Å². The van der Waals surface area contributed by atoms with Gasteiger partial charge in [-0.3, -0.25) is 9.48 Å². The molecule has 5 nitrogen and oxygen atoms in total. The van der Waals surface area contributed by atoms with Gasteiger partial charge in [0.1, 0.15) is 6.54 Å². The second-order valence-electron chi connectivity index (χ2n) is 3.88. The van der Waals surface area contributed by atoms with Crippen molar-refractivity contribution in [3.05, 3.63) is 18.5 Å². The Morgan fingerprint density at radius 1 is 1.60 bits per heavy atom. The largest absolute Gasteiger partial charge is 0.396 e. The molecule has 0 aliphatic carbocycles. The van der Waals surface area contributed by atoms with Crippen LogP contribution in [-0.2, 0) is 11.3 Å². The Morgan fingerprint density at radius 3 is 3.07 bits per heavy atom. The molecular formula is C10H15N3O2. The summed E-state index contributed by atoms with van der Waals surface area (Å²) >= 11 is 0. The van der Waals surface area contributed by atoms with Crippen molar-refractivity contribution >= 4 is 5.91 Å². The minimum absolute atomic E-state index is 0.0784. The smallest absolute Gasteiger partial charge is 0.244 e. The van der Waals surface area contributed by atoms with E-state index in [9.17, 15) is 4.79 Å². The Morgan fingerprint density at radius 2 is 2.47 bits per heavy atom. The van der Waals surface area contributed by atoms with Crippen LogP contribution in [0.5, 0.6) is 0 Å². The minimum atomic E-state index is 0.0784. The van der Waals surface area contributed by atoms with Crippen LogP contribution in [0.15, 0.2) is 18.5 Å². The molecule has 0 radical (unpaired) electrons. The number of nitrogens with zero attached hydrogens (tertiary/aromatic N) is 3. The predicted molar refractivity (Wildman–Crippen MR) is 54.0 cm³/mol. The molecule has 15 heavy (non-hydrogen) atoms. The molecule has 1 saturated heterocycles. The monoisotopic (exact) mass is 209 g/mol. The van der Waals surface area contributed by atoms with Crippen LogP contribution in [0.1, 0.15) is 6.42 Å². The van der Waals surface area contributed by atoms with Gasteiger partial charge in [-0.25, -0.2) is 0 Å². The number of aromatic nitrogens is 2. The molecule has 1 aliphatic rings. The van der Waals surface area contributed by atoms with Crippen molar-refractivity contribution in [1.82, 2.24) is 14.7 Å². The fourth-order valence-corrected chi connectivity index (χ4v) is 1.84. The molecule has 2 rings (SSSR count). The van der Waals surface area contributed by atoms with E-state index in [2.05, 4.69) is 5.10 Å². The zero-order valence-electron chi connectivity index (χ0n) is 8.54. The first kappa shape index (κ1) is 10.2. The Labute approximate surface area is 88.3 Å². The first-order valence-corrected chi connectivity index (χ1v) is 5.15. The number of likely N-dealkylation sites (tertiary alicyclic amines) is 1. The van der Waals surface area contributed by atoms with Gasteiger partial charge in [0.2, 0.25) is 5.91 Å². The number of carbonyl (C=O) groups excluding carboxylic acids is 1. The fourth-order valence-electron chi connectivity index (χ4n) is 1.84. The Kier molecular flexibility index (Phi) is 3.01. The molecule has 0 unspecified atom stereocenters. The summed E-state index contributed by atoms with van der Waals surface area (Å²) in [5, 5.41) is 13.0. The first-order valence-electron chi connectivity index (χ1n) is 5.15. The molecule has 0 aromatic carbocycles. The van der Waals surface area contributed by atoms with Crippen molar-refractivity contribution in [2.75, 3.05) is 19.7 Å². The van der Waals surface area contributed by atoms with Crippen LogP contribution in [-0.4, -0.2) is 45.4 Å². The van der Waals surface area contributed by atoms with E-state index in [-0.39, 0.29) is 18.4 Å². The molecule has 1 aromatic rings. The molecule has 82 valence electrons. The fraction of sp³-hybridized carbons (Fsp3) is 0.600. The molecule has 1 N–H and O–H groups in total. The van der Waals surface area contributed by atoms with E-state index in [4.69, 9.17) is 5.11 Å². The standard InChI is InChI=1S/C10H15N3O2/c14-8-9-2-5-12(6-9)10(15)7-13-4-1-3-11-13/h1,3-4,9,14H,2,5-8H2/t9-/m0/s1. The molecule has 1 fully saturated rings. The quantitative estimate of drug-likeness (QED) is 0.745. The Hall–Kier alpha value is -1.36. The highest BCUT2D eigenvalue weighted by Crippen LogP contribution is 2.15. The summed E-state index contributed by atoms with van der Waals surface area (Å²) in [6, 6.07) is 1.80. The third kappa shape index (κ3) is 2.36. The van der Waals surface area contributed by atoms with Gasteiger partial charge in [-0.05, 0) is 12.5 Å². The van der Waals surface area contributed by atoms with E-state index >= 15 is 0 Å². The number of aliphatic hydroxyl groups excluding tert-OH is 1. The van der Waals surface area contributed by atoms with Crippen LogP contribution in [0, 0.1) is 5.92 Å². The summed E-state index contributed by atoms with van der Waals surface area (Å²) < 4.78 is 1.62. The molecule has 0 bridgehead atoms. The van der Waals surface area contributed by atoms with Crippen LogP contribution in [0.3, 0.4) is 0 Å². The first-order chi connectivity index (χ1) is 7.29. The molecule has 2 heterocycles. The number of aliphatic hydroxyl groups is 1. The van der Waals surface area contributed by atoms with Crippen LogP contribution < -0.4 is 0 Å². The molecular weight excluding hydrogens is 194 g/mol. The molecule has 1 atom stereocenters. The number of hydrogen-bond donors (Lipinski definition) is 1. The summed E-state index contributed by atoms with van der Waals surface area (Å²) in [6.45, 7) is 1.90. The van der Waals surface area contributed by atoms with E-state index in [0.29, 0.717) is 13.1 Å². The van der Waals surface area contributed by atoms with E-state index in [1.165, 1.54) is 0 Å². The molecule has 5 heteroatoms. The predicted octanol–water partition coefficient (Wildman–Crippen LogP) is -0.276. The van der Waals surface area contributed by atoms with Gasteiger partial charge in [0.05, 0.1) is 0 Å². The van der Waals surface area contributed by atoms with Crippen molar-refractivity contribution in [3.63, 3.8) is 0 Å². The Balaban J connectivity index is 1.87. The normalized spacial score (nSPS) is 20.9. The second-order valence-corrected chi connectivity index (χ2v) is 3.88. The number of hydrogen-bond acceptors (Lipinski definition) is 3. The average Bonchev–Trinajstić information content (AvgIpc) is 2.86. The van der Waals surface area contributed by atoms with Crippen LogP contribution in [0.4, 0.5) is 0 Å². The zero-order valence-corrected chi connectivity index (χ0v) is 8.54. The van der Waals surface area contributed by atoms with Gasteiger partial charge in [-0.1, -0.05) is 0 Å². The topological polar surface area (TPSA) is 58.4 Å². The van der Waals surface area contributed by atoms with Crippen molar-refractivity contribution in [1.29, 1.82) is 0 Å². The van der Waals surface area contributed by atoms with Gasteiger partial charge < -0.3 is 10.0 Å².